The number of hydrogen-bond donors (Lipinski definition) is 0. The van der Waals surface area contributed by atoms with Crippen LogP contribution in [0, 0.1) is 13.8 Å². The highest BCUT2D eigenvalue weighted by Gasteiger charge is 1.96. The second-order valence-electron chi connectivity index (χ2n) is 3.53. The van der Waals surface area contributed by atoms with E-state index >= 15 is 0 Å². The van der Waals surface area contributed by atoms with E-state index in [1.54, 1.807) is 0 Å². The third-order valence-electron chi connectivity index (χ3n) is 1.98. The normalized spacial score (nSPS) is 8.71. The molecule has 0 saturated heterocycles. The maximum atomic E-state index is 2.24. The molecule has 0 unspecified atom stereocenters. The molecule has 78 valence electrons. The van der Waals surface area contributed by atoms with Crippen molar-refractivity contribution in [2.75, 3.05) is 0 Å². The first-order valence-electron chi connectivity index (χ1n) is 5.32. The van der Waals surface area contributed by atoms with Crippen LogP contribution in [0.15, 0.2) is 23.8 Å². The molecule has 14 heavy (non-hydrogen) atoms. The van der Waals surface area contributed by atoms with Crippen LogP contribution in [0.1, 0.15) is 44.4 Å². The minimum Gasteiger partial charge on any atom is -0.0758 e. The van der Waals surface area contributed by atoms with Crippen molar-refractivity contribution in [3.8, 4) is 0 Å². The third kappa shape index (κ3) is 3.78. The lowest BCUT2D eigenvalue weighted by Gasteiger charge is -2.04. The molecule has 0 aromatic heterocycles. The molecule has 0 amide bonds. The Kier molecular flexibility index (Phi) is 5.94. The van der Waals surface area contributed by atoms with Crippen molar-refractivity contribution in [3.05, 3.63) is 40.5 Å². The van der Waals surface area contributed by atoms with Crippen LogP contribution < -0.4 is 0 Å². The van der Waals surface area contributed by atoms with Crippen LogP contribution in [-0.2, 0) is 0 Å². The van der Waals surface area contributed by atoms with Gasteiger partial charge in [0.05, 0.1) is 0 Å². The summed E-state index contributed by atoms with van der Waals surface area (Å²) in [6.07, 6.45) is 2.24. The smallest absolute Gasteiger partial charge is 0.0199 e. The molecule has 1 aromatic carbocycles. The summed E-state index contributed by atoms with van der Waals surface area (Å²) in [6.45, 7) is 12.6. The summed E-state index contributed by atoms with van der Waals surface area (Å²) in [5.41, 5.74) is 5.44. The van der Waals surface area contributed by atoms with Crippen molar-refractivity contribution in [3.63, 3.8) is 0 Å². The van der Waals surface area contributed by atoms with Gasteiger partial charge in [-0.25, -0.2) is 0 Å². The number of allylic oxidation sites excluding steroid dienone is 1. The van der Waals surface area contributed by atoms with Crippen molar-refractivity contribution in [2.45, 2.75) is 41.5 Å². The molecule has 0 saturated carbocycles. The Bertz CT molecular complexity index is 282. The Balaban J connectivity index is 0.000000791. The van der Waals surface area contributed by atoms with E-state index in [0.29, 0.717) is 0 Å². The van der Waals surface area contributed by atoms with Crippen molar-refractivity contribution in [1.29, 1.82) is 0 Å². The van der Waals surface area contributed by atoms with Crippen LogP contribution in [0.25, 0.3) is 6.08 Å². The molecule has 0 N–H and O–H groups in total. The summed E-state index contributed by atoms with van der Waals surface area (Å²) in [6, 6.07) is 6.41. The molecule has 0 spiro atoms. The van der Waals surface area contributed by atoms with Crippen LogP contribution in [0.3, 0.4) is 0 Å². The lowest BCUT2D eigenvalue weighted by atomic mass is 10.0. The molecule has 0 aliphatic carbocycles. The van der Waals surface area contributed by atoms with Crippen molar-refractivity contribution >= 4 is 6.08 Å². The van der Waals surface area contributed by atoms with Gasteiger partial charge in [0, 0.05) is 0 Å². The highest BCUT2D eigenvalue weighted by Crippen LogP contribution is 2.16. The van der Waals surface area contributed by atoms with E-state index in [2.05, 4.69) is 52.0 Å². The number of rotatable bonds is 1. The van der Waals surface area contributed by atoms with E-state index < -0.39 is 0 Å². The van der Waals surface area contributed by atoms with Crippen molar-refractivity contribution in [1.82, 2.24) is 0 Å². The van der Waals surface area contributed by atoms with E-state index in [0.717, 1.165) is 0 Å². The Morgan fingerprint density at radius 1 is 1.00 bits per heavy atom. The molecular weight excluding hydrogens is 168 g/mol. The second-order valence-corrected chi connectivity index (χ2v) is 3.53. The summed E-state index contributed by atoms with van der Waals surface area (Å²) < 4.78 is 0. The molecule has 0 bridgehead atoms. The van der Waals surface area contributed by atoms with Crippen LogP contribution >= 0.6 is 0 Å². The van der Waals surface area contributed by atoms with E-state index in [9.17, 15) is 0 Å². The lowest BCUT2D eigenvalue weighted by Crippen LogP contribution is -1.85. The zero-order chi connectivity index (χ0) is 11.1. The monoisotopic (exact) mass is 190 g/mol. The second kappa shape index (κ2) is 6.42. The van der Waals surface area contributed by atoms with Crippen LogP contribution in [0.4, 0.5) is 0 Å². The molecule has 1 aromatic rings. The van der Waals surface area contributed by atoms with E-state index in [4.69, 9.17) is 0 Å². The summed E-state index contributed by atoms with van der Waals surface area (Å²) in [5.74, 6) is 0. The molecule has 0 aliphatic heterocycles. The fraction of sp³-hybridized carbons (Fsp3) is 0.429. The predicted octanol–water partition coefficient (Wildman–Crippen LogP) is 4.75. The predicted molar refractivity (Wildman–Crippen MR) is 66.6 cm³/mol. The first-order valence-corrected chi connectivity index (χ1v) is 5.32. The summed E-state index contributed by atoms with van der Waals surface area (Å²) in [5, 5.41) is 0. The van der Waals surface area contributed by atoms with Gasteiger partial charge in [-0.1, -0.05) is 43.7 Å². The number of hydrogen-bond acceptors (Lipinski definition) is 0. The fourth-order valence-electron chi connectivity index (χ4n) is 1.34. The van der Waals surface area contributed by atoms with E-state index in [1.165, 1.54) is 22.3 Å². The highest BCUT2D eigenvalue weighted by molar-refractivity contribution is 5.59. The molecule has 1 rings (SSSR count). The quantitative estimate of drug-likeness (QED) is 0.599. The largest absolute Gasteiger partial charge is 0.0758 e. The third-order valence-corrected chi connectivity index (χ3v) is 1.98. The maximum absolute atomic E-state index is 2.24. The Morgan fingerprint density at radius 2 is 1.43 bits per heavy atom. The first kappa shape index (κ1) is 13.0. The minimum absolute atomic E-state index is 1.35. The van der Waals surface area contributed by atoms with Crippen molar-refractivity contribution in [2.24, 2.45) is 0 Å². The van der Waals surface area contributed by atoms with Gasteiger partial charge in [0.25, 0.3) is 0 Å². The van der Waals surface area contributed by atoms with Gasteiger partial charge in [0.1, 0.15) is 0 Å². The molecular formula is C14H22. The summed E-state index contributed by atoms with van der Waals surface area (Å²) in [4.78, 5) is 0. The molecule has 0 fully saturated rings. The standard InChI is InChI=1S/C12H16.C2H6/c1-9(2)8-12-10(3)6-5-7-11(12)4;1-2/h5-8H,1-4H3;1-2H3. The van der Waals surface area contributed by atoms with Crippen molar-refractivity contribution < 1.29 is 0 Å². The highest BCUT2D eigenvalue weighted by atomic mass is 14.0. The average molecular weight is 190 g/mol. The van der Waals surface area contributed by atoms with E-state index in [1.807, 2.05) is 13.8 Å². The Morgan fingerprint density at radius 3 is 1.79 bits per heavy atom. The minimum atomic E-state index is 1.35. The van der Waals surface area contributed by atoms with Gasteiger partial charge in [0.2, 0.25) is 0 Å². The van der Waals surface area contributed by atoms with Gasteiger partial charge >= 0.3 is 0 Å². The summed E-state index contributed by atoms with van der Waals surface area (Å²) in [7, 11) is 0. The van der Waals surface area contributed by atoms with Gasteiger partial charge in [-0.05, 0) is 44.4 Å². The fourth-order valence-corrected chi connectivity index (χ4v) is 1.34. The maximum Gasteiger partial charge on any atom is -0.0199 e. The molecule has 0 heteroatoms. The molecule has 0 aliphatic rings. The van der Waals surface area contributed by atoms with E-state index in [-0.39, 0.29) is 0 Å². The zero-order valence-electron chi connectivity index (χ0n) is 10.3. The lowest BCUT2D eigenvalue weighted by molar-refractivity contribution is 1.33. The molecule has 0 atom stereocenters. The van der Waals surface area contributed by atoms with Crippen LogP contribution in [-0.4, -0.2) is 0 Å². The van der Waals surface area contributed by atoms with Crippen LogP contribution in [0.2, 0.25) is 0 Å². The SMILES string of the molecule is CC.CC(C)=Cc1c(C)cccc1C. The Hall–Kier alpha value is -1.04. The van der Waals surface area contributed by atoms with Crippen LogP contribution in [0.5, 0.6) is 0 Å². The van der Waals surface area contributed by atoms with Gasteiger partial charge in [0.15, 0.2) is 0 Å². The number of benzene rings is 1. The molecule has 0 radical (unpaired) electrons. The Labute approximate surface area is 88.7 Å². The van der Waals surface area contributed by atoms with Gasteiger partial charge in [-0.15, -0.1) is 0 Å². The zero-order valence-corrected chi connectivity index (χ0v) is 10.3. The van der Waals surface area contributed by atoms with Gasteiger partial charge in [-0.2, -0.15) is 0 Å². The number of aryl methyl sites for hydroxylation is 2. The average Bonchev–Trinajstić information content (AvgIpc) is 2.15. The molecule has 0 heterocycles. The molecule has 0 nitrogen and oxygen atoms in total. The van der Waals surface area contributed by atoms with Gasteiger partial charge < -0.3 is 0 Å². The first-order chi connectivity index (χ1) is 6.61. The van der Waals surface area contributed by atoms with Gasteiger partial charge in [-0.3, -0.25) is 0 Å². The summed E-state index contributed by atoms with van der Waals surface area (Å²) >= 11 is 0. The topological polar surface area (TPSA) is 0 Å².